The van der Waals surface area contributed by atoms with E-state index in [1.807, 2.05) is 4.68 Å². The number of hydrogen-bond acceptors (Lipinski definition) is 5. The highest BCUT2D eigenvalue weighted by Crippen LogP contribution is 2.37. The van der Waals surface area contributed by atoms with Crippen molar-refractivity contribution in [1.82, 2.24) is 29.5 Å². The second-order valence-corrected chi connectivity index (χ2v) is 10.5. The number of piperidine rings is 1. The van der Waals surface area contributed by atoms with Crippen molar-refractivity contribution in [3.05, 3.63) is 84.1 Å². The molecule has 4 atom stereocenters. The van der Waals surface area contributed by atoms with Gasteiger partial charge in [0.1, 0.15) is 12.7 Å². The predicted octanol–water partition coefficient (Wildman–Crippen LogP) is 4.01. The fourth-order valence-corrected chi connectivity index (χ4v) is 6.48. The molecule has 7 nitrogen and oxygen atoms in total. The number of nitrogens with zero attached hydrogens (tertiary/aromatic N) is 5. The molecule has 6 rings (SSSR count). The molecule has 2 N–H and O–H groups in total. The Labute approximate surface area is 212 Å². The lowest BCUT2D eigenvalue weighted by Gasteiger charge is -2.44. The van der Waals surface area contributed by atoms with E-state index in [1.165, 1.54) is 27.6 Å². The molecule has 2 saturated heterocycles. The van der Waals surface area contributed by atoms with Crippen molar-refractivity contribution in [1.29, 1.82) is 0 Å². The average Bonchev–Trinajstić information content (AvgIpc) is 3.64. The van der Waals surface area contributed by atoms with Crippen LogP contribution < -0.4 is 0 Å². The fraction of sp³-hybridized carbons (Fsp3) is 0.448. The number of rotatable bonds is 7. The third-order valence-corrected chi connectivity index (χ3v) is 8.36. The molecule has 0 amide bonds. The maximum absolute atomic E-state index is 11.0. The monoisotopic (exact) mass is 484 g/mol. The third-order valence-electron chi connectivity index (χ3n) is 8.36. The van der Waals surface area contributed by atoms with E-state index in [9.17, 15) is 5.11 Å². The lowest BCUT2D eigenvalue weighted by molar-refractivity contribution is -0.0201. The van der Waals surface area contributed by atoms with Crippen LogP contribution in [0.25, 0.3) is 10.9 Å². The number of aromatic nitrogens is 4. The van der Waals surface area contributed by atoms with E-state index >= 15 is 0 Å². The minimum absolute atomic E-state index is 0.101. The first-order valence-electron chi connectivity index (χ1n) is 13.3. The number of nitrogens with one attached hydrogen (secondary N) is 1. The summed E-state index contributed by atoms with van der Waals surface area (Å²) >= 11 is 0. The van der Waals surface area contributed by atoms with Gasteiger partial charge in [-0.2, -0.15) is 5.10 Å². The highest BCUT2D eigenvalue weighted by Gasteiger charge is 2.41. The Morgan fingerprint density at radius 2 is 1.97 bits per heavy atom. The molecule has 0 saturated carbocycles. The topological polar surface area (TPSA) is 73.2 Å². The molecule has 4 heterocycles. The molecule has 2 fully saturated rings. The Morgan fingerprint density at radius 3 is 2.81 bits per heavy atom. The Balaban J connectivity index is 1.14. The van der Waals surface area contributed by atoms with Gasteiger partial charge in [0, 0.05) is 42.3 Å². The molecule has 0 radical (unpaired) electrons. The van der Waals surface area contributed by atoms with Crippen LogP contribution in [0.2, 0.25) is 0 Å². The van der Waals surface area contributed by atoms with Crippen LogP contribution in [-0.4, -0.2) is 72.5 Å². The lowest BCUT2D eigenvalue weighted by atomic mass is 9.89. The van der Waals surface area contributed by atoms with Gasteiger partial charge in [0.05, 0.1) is 18.7 Å². The van der Waals surface area contributed by atoms with Crippen LogP contribution in [-0.2, 0) is 13.0 Å². The van der Waals surface area contributed by atoms with Gasteiger partial charge in [-0.15, -0.1) is 0 Å². The van der Waals surface area contributed by atoms with Crippen molar-refractivity contribution < 1.29 is 5.11 Å². The molecule has 2 aliphatic heterocycles. The minimum atomic E-state index is -0.291. The van der Waals surface area contributed by atoms with Crippen LogP contribution in [0.1, 0.15) is 48.9 Å². The lowest BCUT2D eigenvalue weighted by Crippen LogP contribution is -2.51. The molecule has 0 spiro atoms. The fourth-order valence-electron chi connectivity index (χ4n) is 6.48. The maximum atomic E-state index is 11.0. The minimum Gasteiger partial charge on any atom is -0.391 e. The summed E-state index contributed by atoms with van der Waals surface area (Å²) in [5, 5.41) is 16.5. The first-order valence-corrected chi connectivity index (χ1v) is 13.3. The molecule has 188 valence electrons. The van der Waals surface area contributed by atoms with Crippen molar-refractivity contribution in [2.24, 2.45) is 0 Å². The summed E-state index contributed by atoms with van der Waals surface area (Å²) in [7, 11) is 0. The summed E-state index contributed by atoms with van der Waals surface area (Å²) in [5.41, 5.74) is 5.04. The summed E-state index contributed by atoms with van der Waals surface area (Å²) in [5.74, 6) is 0. The zero-order chi connectivity index (χ0) is 24.5. The van der Waals surface area contributed by atoms with E-state index in [-0.39, 0.29) is 12.1 Å². The molecular weight excluding hydrogens is 448 g/mol. The van der Waals surface area contributed by atoms with Gasteiger partial charge in [-0.3, -0.25) is 9.80 Å². The van der Waals surface area contributed by atoms with Crippen LogP contribution in [0.5, 0.6) is 0 Å². The van der Waals surface area contributed by atoms with Crippen molar-refractivity contribution >= 4 is 10.9 Å². The van der Waals surface area contributed by atoms with Gasteiger partial charge in [0.2, 0.25) is 0 Å². The smallest absolute Gasteiger partial charge is 0.137 e. The van der Waals surface area contributed by atoms with E-state index in [4.69, 9.17) is 0 Å². The molecule has 2 aromatic heterocycles. The summed E-state index contributed by atoms with van der Waals surface area (Å²) in [6.07, 6.45) is 9.37. The summed E-state index contributed by atoms with van der Waals surface area (Å²) in [6, 6.07) is 18.3. The van der Waals surface area contributed by atoms with E-state index in [0.29, 0.717) is 12.1 Å². The van der Waals surface area contributed by atoms with Crippen LogP contribution in [0.3, 0.4) is 0 Å². The van der Waals surface area contributed by atoms with E-state index in [2.05, 4.69) is 86.5 Å². The Morgan fingerprint density at radius 1 is 1.08 bits per heavy atom. The highest BCUT2D eigenvalue weighted by atomic mass is 16.3. The first-order chi connectivity index (χ1) is 17.7. The molecule has 36 heavy (non-hydrogen) atoms. The van der Waals surface area contributed by atoms with Gasteiger partial charge >= 0.3 is 0 Å². The number of fused-ring (bicyclic) bond motifs is 1. The van der Waals surface area contributed by atoms with Crippen LogP contribution in [0.4, 0.5) is 0 Å². The SMILES string of the molecule is CC1[C@H](N2CCC[C@@H](O)[C@H]2c2ccccc2)CCN1CCc1c[nH]c2ccc(Cn3cncn3)cc12. The average molecular weight is 485 g/mol. The number of aliphatic hydroxyl groups is 1. The van der Waals surface area contributed by atoms with Gasteiger partial charge in [0.25, 0.3) is 0 Å². The molecule has 0 aliphatic carbocycles. The number of aromatic amines is 1. The normalized spacial score (nSPS) is 25.6. The van der Waals surface area contributed by atoms with E-state index in [0.717, 1.165) is 51.9 Å². The van der Waals surface area contributed by atoms with Crippen LogP contribution in [0, 0.1) is 0 Å². The number of hydrogen-bond donors (Lipinski definition) is 2. The van der Waals surface area contributed by atoms with Gasteiger partial charge in [0.15, 0.2) is 0 Å². The van der Waals surface area contributed by atoms with Gasteiger partial charge < -0.3 is 10.1 Å². The number of H-pyrrole nitrogens is 1. The zero-order valence-corrected chi connectivity index (χ0v) is 21.0. The molecule has 2 aliphatic rings. The Kier molecular flexibility index (Phi) is 6.61. The van der Waals surface area contributed by atoms with Crippen molar-refractivity contribution in [3.63, 3.8) is 0 Å². The standard InChI is InChI=1S/C29H36N6O/c1-21-27(35-13-5-8-28(36)29(35)23-6-3-2-4-7-23)12-15-33(21)14-11-24-17-31-26-10-9-22(16-25(24)26)18-34-20-30-19-32-34/h2-4,6-7,9-10,16-17,19-21,27-29,31,36H,5,8,11-15,18H2,1H3/t21?,27-,28-,29-/m1/s1. The van der Waals surface area contributed by atoms with Crippen LogP contribution in [0.15, 0.2) is 67.4 Å². The number of benzene rings is 2. The Bertz CT molecular complexity index is 1270. The third kappa shape index (κ3) is 4.59. The van der Waals surface area contributed by atoms with Gasteiger partial charge in [-0.1, -0.05) is 36.4 Å². The molecule has 2 aromatic carbocycles. The predicted molar refractivity (Wildman–Crippen MR) is 142 cm³/mol. The van der Waals surface area contributed by atoms with Gasteiger partial charge in [-0.25, -0.2) is 9.67 Å². The second-order valence-electron chi connectivity index (χ2n) is 10.5. The summed E-state index contributed by atoms with van der Waals surface area (Å²) in [4.78, 5) is 12.8. The van der Waals surface area contributed by atoms with E-state index in [1.54, 1.807) is 12.7 Å². The van der Waals surface area contributed by atoms with E-state index < -0.39 is 0 Å². The van der Waals surface area contributed by atoms with Crippen LogP contribution >= 0.6 is 0 Å². The highest BCUT2D eigenvalue weighted by molar-refractivity contribution is 5.83. The van der Waals surface area contributed by atoms with Crippen molar-refractivity contribution in [2.75, 3.05) is 19.6 Å². The summed E-state index contributed by atoms with van der Waals surface area (Å²) < 4.78 is 1.86. The van der Waals surface area contributed by atoms with Crippen molar-refractivity contribution in [2.45, 2.75) is 63.4 Å². The number of aliphatic hydroxyl groups excluding tert-OH is 1. The van der Waals surface area contributed by atoms with Crippen molar-refractivity contribution in [3.8, 4) is 0 Å². The maximum Gasteiger partial charge on any atom is 0.137 e. The quantitative estimate of drug-likeness (QED) is 0.415. The molecule has 1 unspecified atom stereocenters. The molecular formula is C29H36N6O. The molecule has 0 bridgehead atoms. The van der Waals surface area contributed by atoms with Gasteiger partial charge in [-0.05, 0) is 68.0 Å². The Hall–Kier alpha value is -3.00. The molecule has 7 heteroatoms. The molecule has 4 aromatic rings. The first kappa shape index (κ1) is 23.4. The second kappa shape index (κ2) is 10.2. The zero-order valence-electron chi connectivity index (χ0n) is 21.0. The number of likely N-dealkylation sites (tertiary alicyclic amines) is 2. The summed E-state index contributed by atoms with van der Waals surface area (Å²) in [6.45, 7) is 6.34. The largest absolute Gasteiger partial charge is 0.391 e.